The molecular formula is C27H26F2N2O3. The third-order valence-corrected chi connectivity index (χ3v) is 5.20. The fourth-order valence-electron chi connectivity index (χ4n) is 3.35. The molecule has 2 N–H and O–H groups in total. The molecule has 34 heavy (non-hydrogen) atoms. The highest BCUT2D eigenvalue weighted by atomic mass is 19.3. The number of carbonyl (C=O) groups is 2. The predicted molar refractivity (Wildman–Crippen MR) is 127 cm³/mol. The summed E-state index contributed by atoms with van der Waals surface area (Å²) in [7, 11) is 0. The number of hydrogen-bond acceptors (Lipinski definition) is 3. The Morgan fingerprint density at radius 1 is 0.735 bits per heavy atom. The molecule has 0 radical (unpaired) electrons. The lowest BCUT2D eigenvalue weighted by atomic mass is 10.0. The highest BCUT2D eigenvalue weighted by Gasteiger charge is 2.22. The van der Waals surface area contributed by atoms with Crippen LogP contribution < -0.4 is 15.4 Å². The van der Waals surface area contributed by atoms with Crippen LogP contribution in [-0.4, -0.2) is 18.4 Å². The van der Waals surface area contributed by atoms with Gasteiger partial charge in [0.25, 0.3) is 11.8 Å². The maximum Gasteiger partial charge on any atom is 0.387 e. The van der Waals surface area contributed by atoms with Gasteiger partial charge in [-0.2, -0.15) is 8.78 Å². The molecule has 0 aliphatic rings. The van der Waals surface area contributed by atoms with Gasteiger partial charge in [-0.05, 0) is 48.7 Å². The molecule has 0 bridgehead atoms. The van der Waals surface area contributed by atoms with Gasteiger partial charge in [0.15, 0.2) is 0 Å². The minimum absolute atomic E-state index is 0.0157. The van der Waals surface area contributed by atoms with Crippen molar-refractivity contribution in [2.45, 2.75) is 32.5 Å². The first-order valence-corrected chi connectivity index (χ1v) is 10.8. The summed E-state index contributed by atoms with van der Waals surface area (Å²) in [5.74, 6) is -1.12. The van der Waals surface area contributed by atoms with E-state index in [1.807, 2.05) is 74.5 Å². The lowest BCUT2D eigenvalue weighted by molar-refractivity contribution is -0.124. The molecule has 2 amide bonds. The topological polar surface area (TPSA) is 67.4 Å². The van der Waals surface area contributed by atoms with Crippen molar-refractivity contribution in [3.8, 4) is 5.75 Å². The standard InChI is InChI=1S/C27H26F2N2O3/c1-18(21-9-5-3-6-10-21)30-25(32)24(17-20-13-15-23(16-14-20)34-27(28)29)26(33)31-19(2)22-11-7-4-8-12-22/h3-19,27H,1-2H3,(H,30,32)(H,31,33)/t18-,19-/m0/s1. The molecule has 0 saturated heterocycles. The lowest BCUT2D eigenvalue weighted by Crippen LogP contribution is -2.36. The van der Waals surface area contributed by atoms with E-state index in [4.69, 9.17) is 0 Å². The Balaban J connectivity index is 1.84. The molecule has 2 atom stereocenters. The molecule has 3 aromatic rings. The number of nitrogens with one attached hydrogen (secondary N) is 2. The van der Waals surface area contributed by atoms with Crippen LogP contribution in [0.25, 0.3) is 6.08 Å². The van der Waals surface area contributed by atoms with E-state index in [2.05, 4.69) is 15.4 Å². The first-order chi connectivity index (χ1) is 16.3. The van der Waals surface area contributed by atoms with E-state index >= 15 is 0 Å². The van der Waals surface area contributed by atoms with Crippen LogP contribution in [0.5, 0.6) is 5.75 Å². The molecule has 0 heterocycles. The van der Waals surface area contributed by atoms with Crippen LogP contribution in [0.4, 0.5) is 8.78 Å². The fraction of sp³-hybridized carbons (Fsp3) is 0.185. The smallest absolute Gasteiger partial charge is 0.387 e. The van der Waals surface area contributed by atoms with Crippen molar-refractivity contribution in [3.05, 3.63) is 107 Å². The van der Waals surface area contributed by atoms with E-state index in [1.54, 1.807) is 0 Å². The summed E-state index contributed by atoms with van der Waals surface area (Å²) < 4.78 is 29.2. The minimum Gasteiger partial charge on any atom is -0.435 e. The molecule has 0 spiro atoms. The van der Waals surface area contributed by atoms with E-state index in [1.165, 1.54) is 30.3 Å². The van der Waals surface area contributed by atoms with Crippen molar-refractivity contribution in [3.63, 3.8) is 0 Å². The van der Waals surface area contributed by atoms with Gasteiger partial charge in [-0.1, -0.05) is 72.8 Å². The Morgan fingerprint density at radius 2 is 1.18 bits per heavy atom. The van der Waals surface area contributed by atoms with Gasteiger partial charge in [-0.25, -0.2) is 0 Å². The molecule has 0 aliphatic heterocycles. The Morgan fingerprint density at radius 3 is 1.59 bits per heavy atom. The van der Waals surface area contributed by atoms with Crippen LogP contribution in [0.15, 0.2) is 90.5 Å². The number of amides is 2. The predicted octanol–water partition coefficient (Wildman–Crippen LogP) is 5.43. The summed E-state index contributed by atoms with van der Waals surface area (Å²) in [6.45, 7) is 0.713. The molecule has 0 unspecified atom stereocenters. The largest absolute Gasteiger partial charge is 0.435 e. The number of rotatable bonds is 9. The van der Waals surface area contributed by atoms with E-state index in [9.17, 15) is 18.4 Å². The van der Waals surface area contributed by atoms with Gasteiger partial charge in [0.2, 0.25) is 0 Å². The van der Waals surface area contributed by atoms with Crippen molar-refractivity contribution in [1.82, 2.24) is 10.6 Å². The van der Waals surface area contributed by atoms with Gasteiger partial charge >= 0.3 is 6.61 Å². The van der Waals surface area contributed by atoms with E-state index in [0.717, 1.165) is 11.1 Å². The Bertz CT molecular complexity index is 1060. The molecule has 3 aromatic carbocycles. The molecular weight excluding hydrogens is 438 g/mol. The monoisotopic (exact) mass is 464 g/mol. The van der Waals surface area contributed by atoms with Crippen LogP contribution in [0.2, 0.25) is 0 Å². The Hall–Kier alpha value is -4.00. The SMILES string of the molecule is C[C@H](NC(=O)C(=Cc1ccc(OC(F)F)cc1)C(=O)N[C@@H](C)c1ccccc1)c1ccccc1. The van der Waals surface area contributed by atoms with Crippen LogP contribution >= 0.6 is 0 Å². The van der Waals surface area contributed by atoms with Gasteiger partial charge in [-0.15, -0.1) is 0 Å². The first-order valence-electron chi connectivity index (χ1n) is 10.8. The third kappa shape index (κ3) is 7.00. The Kier molecular flexibility index (Phi) is 8.51. The molecule has 0 aromatic heterocycles. The zero-order valence-corrected chi connectivity index (χ0v) is 18.9. The number of ether oxygens (including phenoxy) is 1. The van der Waals surface area contributed by atoms with Crippen molar-refractivity contribution >= 4 is 17.9 Å². The zero-order chi connectivity index (χ0) is 24.5. The third-order valence-electron chi connectivity index (χ3n) is 5.20. The Labute approximate surface area is 197 Å². The van der Waals surface area contributed by atoms with Crippen LogP contribution in [0, 0.1) is 0 Å². The van der Waals surface area contributed by atoms with E-state index in [0.29, 0.717) is 5.56 Å². The first kappa shape index (κ1) is 24.6. The summed E-state index contributed by atoms with van der Waals surface area (Å²) in [5.41, 5.74) is 2.17. The van der Waals surface area contributed by atoms with Gasteiger partial charge in [0, 0.05) is 0 Å². The molecule has 3 rings (SSSR count). The average molecular weight is 465 g/mol. The number of alkyl halides is 2. The minimum atomic E-state index is -2.94. The van der Waals surface area contributed by atoms with Crippen molar-refractivity contribution in [2.24, 2.45) is 0 Å². The quantitative estimate of drug-likeness (QED) is 0.252. The number of halogens is 2. The molecule has 176 valence electrons. The number of hydrogen-bond donors (Lipinski definition) is 2. The van der Waals surface area contributed by atoms with Crippen LogP contribution in [-0.2, 0) is 9.59 Å². The van der Waals surface area contributed by atoms with Crippen LogP contribution in [0.1, 0.15) is 42.6 Å². The lowest BCUT2D eigenvalue weighted by Gasteiger charge is -2.18. The second-order valence-electron chi connectivity index (χ2n) is 7.72. The molecule has 7 heteroatoms. The summed E-state index contributed by atoms with van der Waals surface area (Å²) in [6, 6.07) is 23.8. The average Bonchev–Trinajstić information content (AvgIpc) is 2.84. The second-order valence-corrected chi connectivity index (χ2v) is 7.72. The molecule has 0 aliphatic carbocycles. The summed E-state index contributed by atoms with van der Waals surface area (Å²) in [5, 5.41) is 5.71. The van der Waals surface area contributed by atoms with Gasteiger partial charge in [0.05, 0.1) is 12.1 Å². The van der Waals surface area contributed by atoms with Crippen molar-refractivity contribution in [1.29, 1.82) is 0 Å². The highest BCUT2D eigenvalue weighted by Crippen LogP contribution is 2.19. The zero-order valence-electron chi connectivity index (χ0n) is 18.9. The molecule has 0 fully saturated rings. The van der Waals surface area contributed by atoms with Gasteiger partial charge in [-0.3, -0.25) is 9.59 Å². The molecule has 0 saturated carbocycles. The van der Waals surface area contributed by atoms with Crippen LogP contribution in [0.3, 0.4) is 0 Å². The van der Waals surface area contributed by atoms with Gasteiger partial charge in [0.1, 0.15) is 11.3 Å². The highest BCUT2D eigenvalue weighted by molar-refractivity contribution is 6.21. The number of benzene rings is 3. The maximum absolute atomic E-state index is 13.1. The van der Waals surface area contributed by atoms with Gasteiger partial charge < -0.3 is 15.4 Å². The van der Waals surface area contributed by atoms with E-state index in [-0.39, 0.29) is 23.4 Å². The molecule has 5 nitrogen and oxygen atoms in total. The van der Waals surface area contributed by atoms with E-state index < -0.39 is 18.4 Å². The maximum atomic E-state index is 13.1. The van der Waals surface area contributed by atoms with Crippen molar-refractivity contribution in [2.75, 3.05) is 0 Å². The normalized spacial score (nSPS) is 12.4. The fourth-order valence-corrected chi connectivity index (χ4v) is 3.35. The summed E-state index contributed by atoms with van der Waals surface area (Å²) in [4.78, 5) is 26.3. The summed E-state index contributed by atoms with van der Waals surface area (Å²) in [6.07, 6.45) is 1.42. The summed E-state index contributed by atoms with van der Waals surface area (Å²) >= 11 is 0. The second kappa shape index (κ2) is 11.7. The van der Waals surface area contributed by atoms with Crippen molar-refractivity contribution < 1.29 is 23.1 Å². The number of carbonyl (C=O) groups excluding carboxylic acids is 2.